The highest BCUT2D eigenvalue weighted by Gasteiger charge is 2.30. The van der Waals surface area contributed by atoms with Crippen LogP contribution in [0.25, 0.3) is 0 Å². The zero-order chi connectivity index (χ0) is 16.2. The molecule has 1 amide bonds. The van der Waals surface area contributed by atoms with Gasteiger partial charge in [-0.3, -0.25) is 4.79 Å². The van der Waals surface area contributed by atoms with Gasteiger partial charge in [-0.25, -0.2) is 0 Å². The number of hydrogen-bond donors (Lipinski definition) is 1. The maximum Gasteiger partial charge on any atom is 0.416 e. The predicted molar refractivity (Wildman–Crippen MR) is 73.8 cm³/mol. The Labute approximate surface area is 125 Å². The first-order valence-corrected chi connectivity index (χ1v) is 6.34. The third kappa shape index (κ3) is 3.85. The second kappa shape index (κ2) is 6.31. The lowest BCUT2D eigenvalue weighted by atomic mass is 10.1. The second-order valence-electron chi connectivity index (χ2n) is 4.57. The van der Waals surface area contributed by atoms with Crippen LogP contribution in [0.15, 0.2) is 48.5 Å². The van der Waals surface area contributed by atoms with E-state index in [2.05, 4.69) is 5.32 Å². The number of carbonyl (C=O) groups is 1. The molecular formula is C16H11F3N2O. The summed E-state index contributed by atoms with van der Waals surface area (Å²) in [6, 6.07) is 12.7. The van der Waals surface area contributed by atoms with Crippen molar-refractivity contribution >= 4 is 5.91 Å². The minimum Gasteiger partial charge on any atom is -0.348 e. The third-order valence-electron chi connectivity index (χ3n) is 2.98. The Hall–Kier alpha value is -2.81. The number of nitrogens with one attached hydrogen (secondary N) is 1. The van der Waals surface area contributed by atoms with Crippen molar-refractivity contribution in [1.82, 2.24) is 5.32 Å². The zero-order valence-corrected chi connectivity index (χ0v) is 11.3. The number of benzene rings is 2. The van der Waals surface area contributed by atoms with E-state index in [1.165, 1.54) is 36.4 Å². The molecule has 0 unspecified atom stereocenters. The van der Waals surface area contributed by atoms with Crippen LogP contribution in [0.2, 0.25) is 0 Å². The number of alkyl halides is 3. The lowest BCUT2D eigenvalue weighted by molar-refractivity contribution is -0.137. The molecule has 0 aromatic heterocycles. The Morgan fingerprint density at radius 1 is 1.14 bits per heavy atom. The normalized spacial score (nSPS) is 10.8. The molecule has 0 bridgehead atoms. The van der Waals surface area contributed by atoms with Gasteiger partial charge < -0.3 is 5.32 Å². The monoisotopic (exact) mass is 304 g/mol. The highest BCUT2D eigenvalue weighted by atomic mass is 19.4. The number of nitriles is 1. The maximum absolute atomic E-state index is 12.6. The van der Waals surface area contributed by atoms with Gasteiger partial charge in [-0.2, -0.15) is 18.4 Å². The van der Waals surface area contributed by atoms with E-state index < -0.39 is 17.6 Å². The number of carbonyl (C=O) groups excluding carboxylic acids is 1. The van der Waals surface area contributed by atoms with Crippen molar-refractivity contribution < 1.29 is 18.0 Å². The van der Waals surface area contributed by atoms with E-state index in [0.29, 0.717) is 16.7 Å². The third-order valence-corrected chi connectivity index (χ3v) is 2.98. The molecule has 2 rings (SSSR count). The molecule has 112 valence electrons. The van der Waals surface area contributed by atoms with Crippen molar-refractivity contribution in [3.05, 3.63) is 70.8 Å². The molecule has 0 aliphatic heterocycles. The Morgan fingerprint density at radius 2 is 1.82 bits per heavy atom. The van der Waals surface area contributed by atoms with Gasteiger partial charge in [-0.1, -0.05) is 12.1 Å². The Kier molecular flexibility index (Phi) is 4.47. The van der Waals surface area contributed by atoms with Gasteiger partial charge >= 0.3 is 6.18 Å². The van der Waals surface area contributed by atoms with Crippen LogP contribution < -0.4 is 5.32 Å². The van der Waals surface area contributed by atoms with E-state index in [1.54, 1.807) is 0 Å². The van der Waals surface area contributed by atoms with E-state index in [1.807, 2.05) is 6.07 Å². The molecule has 0 saturated heterocycles. The molecule has 1 N–H and O–H groups in total. The van der Waals surface area contributed by atoms with E-state index in [4.69, 9.17) is 5.26 Å². The molecule has 0 aliphatic carbocycles. The summed E-state index contributed by atoms with van der Waals surface area (Å²) in [5.41, 5.74) is 0.370. The SMILES string of the molecule is N#Cc1ccc(C(=O)NCc2cccc(C(F)(F)F)c2)cc1. The van der Waals surface area contributed by atoms with Crippen molar-refractivity contribution in [3.8, 4) is 6.07 Å². The van der Waals surface area contributed by atoms with Crippen molar-refractivity contribution in [2.75, 3.05) is 0 Å². The summed E-state index contributed by atoms with van der Waals surface area (Å²) in [6.45, 7) is -0.0112. The van der Waals surface area contributed by atoms with Gasteiger partial charge in [0.2, 0.25) is 0 Å². The molecule has 0 heterocycles. The van der Waals surface area contributed by atoms with Gasteiger partial charge in [0.15, 0.2) is 0 Å². The number of nitrogens with zero attached hydrogens (tertiary/aromatic N) is 1. The molecule has 0 aliphatic rings. The summed E-state index contributed by atoms with van der Waals surface area (Å²) < 4.78 is 37.8. The van der Waals surface area contributed by atoms with Crippen molar-refractivity contribution in [2.45, 2.75) is 12.7 Å². The van der Waals surface area contributed by atoms with E-state index in [0.717, 1.165) is 12.1 Å². The van der Waals surface area contributed by atoms with Gasteiger partial charge in [-0.05, 0) is 42.0 Å². The number of amides is 1. The standard InChI is InChI=1S/C16H11F3N2O/c17-16(18,19)14-3-1-2-12(8-14)10-21-15(22)13-6-4-11(9-20)5-7-13/h1-8H,10H2,(H,21,22). The average Bonchev–Trinajstić information content (AvgIpc) is 2.52. The quantitative estimate of drug-likeness (QED) is 0.943. The summed E-state index contributed by atoms with van der Waals surface area (Å²) in [5, 5.41) is 11.2. The van der Waals surface area contributed by atoms with Crippen LogP contribution in [0.3, 0.4) is 0 Å². The first kappa shape index (κ1) is 15.6. The smallest absolute Gasteiger partial charge is 0.348 e. The van der Waals surface area contributed by atoms with Crippen LogP contribution in [0.5, 0.6) is 0 Å². The van der Waals surface area contributed by atoms with Gasteiger partial charge in [0, 0.05) is 12.1 Å². The molecule has 0 saturated carbocycles. The van der Waals surface area contributed by atoms with Gasteiger partial charge in [0.05, 0.1) is 17.2 Å². The molecule has 2 aromatic rings. The van der Waals surface area contributed by atoms with Gasteiger partial charge in [-0.15, -0.1) is 0 Å². The second-order valence-corrected chi connectivity index (χ2v) is 4.57. The van der Waals surface area contributed by atoms with Crippen LogP contribution in [0.4, 0.5) is 13.2 Å². The Balaban J connectivity index is 2.03. The minimum absolute atomic E-state index is 0.0112. The van der Waals surface area contributed by atoms with Crippen LogP contribution >= 0.6 is 0 Å². The summed E-state index contributed by atoms with van der Waals surface area (Å²) >= 11 is 0. The fourth-order valence-electron chi connectivity index (χ4n) is 1.84. The Morgan fingerprint density at radius 3 is 2.41 bits per heavy atom. The predicted octanol–water partition coefficient (Wildman–Crippen LogP) is 3.51. The highest BCUT2D eigenvalue weighted by molar-refractivity contribution is 5.94. The summed E-state index contributed by atoms with van der Waals surface area (Å²) in [5.74, 6) is -0.415. The highest BCUT2D eigenvalue weighted by Crippen LogP contribution is 2.29. The molecule has 2 aromatic carbocycles. The molecule has 6 heteroatoms. The molecule has 0 spiro atoms. The largest absolute Gasteiger partial charge is 0.416 e. The van der Waals surface area contributed by atoms with Crippen molar-refractivity contribution in [1.29, 1.82) is 5.26 Å². The number of hydrogen-bond acceptors (Lipinski definition) is 2. The molecular weight excluding hydrogens is 293 g/mol. The van der Waals surface area contributed by atoms with Crippen molar-refractivity contribution in [2.24, 2.45) is 0 Å². The minimum atomic E-state index is -4.41. The number of rotatable bonds is 3. The van der Waals surface area contributed by atoms with Crippen LogP contribution in [0, 0.1) is 11.3 Å². The summed E-state index contributed by atoms with van der Waals surface area (Å²) in [4.78, 5) is 11.9. The first-order chi connectivity index (χ1) is 10.4. The molecule has 0 fully saturated rings. The molecule has 0 radical (unpaired) electrons. The zero-order valence-electron chi connectivity index (χ0n) is 11.3. The number of halogens is 3. The lowest BCUT2D eigenvalue weighted by Crippen LogP contribution is -2.23. The van der Waals surface area contributed by atoms with Crippen LogP contribution in [-0.2, 0) is 12.7 Å². The van der Waals surface area contributed by atoms with Crippen LogP contribution in [-0.4, -0.2) is 5.91 Å². The molecule has 0 atom stereocenters. The fraction of sp³-hybridized carbons (Fsp3) is 0.125. The summed E-state index contributed by atoms with van der Waals surface area (Å²) in [7, 11) is 0. The summed E-state index contributed by atoms with van der Waals surface area (Å²) in [6.07, 6.45) is -4.41. The maximum atomic E-state index is 12.6. The van der Waals surface area contributed by atoms with Gasteiger partial charge in [0.1, 0.15) is 0 Å². The van der Waals surface area contributed by atoms with Crippen molar-refractivity contribution in [3.63, 3.8) is 0 Å². The Bertz CT molecular complexity index is 715. The van der Waals surface area contributed by atoms with Crippen LogP contribution in [0.1, 0.15) is 27.0 Å². The molecule has 22 heavy (non-hydrogen) atoms. The van der Waals surface area contributed by atoms with E-state index in [9.17, 15) is 18.0 Å². The average molecular weight is 304 g/mol. The van der Waals surface area contributed by atoms with Gasteiger partial charge in [0.25, 0.3) is 5.91 Å². The van der Waals surface area contributed by atoms with E-state index >= 15 is 0 Å². The topological polar surface area (TPSA) is 52.9 Å². The first-order valence-electron chi connectivity index (χ1n) is 6.34. The van der Waals surface area contributed by atoms with E-state index in [-0.39, 0.29) is 6.54 Å². The lowest BCUT2D eigenvalue weighted by Gasteiger charge is -2.09. The fourth-order valence-corrected chi connectivity index (χ4v) is 1.84. The molecule has 3 nitrogen and oxygen atoms in total.